The topological polar surface area (TPSA) is 32.7 Å². The molecule has 1 aliphatic heterocycles. The maximum Gasteiger partial charge on any atom is 0.0524 e. The maximum atomic E-state index is 9.84. The van der Waals surface area contributed by atoms with Crippen molar-refractivity contribution in [2.24, 2.45) is 5.29 Å². The summed E-state index contributed by atoms with van der Waals surface area (Å²) in [5, 5.41) is 4.43. The summed E-state index contributed by atoms with van der Waals surface area (Å²) in [5.74, 6) is 0. The standard InChI is InChI=1S/C4H9N2OP/c7-5-6-1-3-8-4-2-6/h8H,1-4H2. The van der Waals surface area contributed by atoms with Crippen molar-refractivity contribution in [3.63, 3.8) is 0 Å². The number of rotatable bonds is 1. The van der Waals surface area contributed by atoms with Gasteiger partial charge < -0.3 is 0 Å². The number of hydrogen-bond donors (Lipinski definition) is 0. The van der Waals surface area contributed by atoms with Crippen LogP contribution in [0, 0.1) is 4.91 Å². The van der Waals surface area contributed by atoms with E-state index in [-0.39, 0.29) is 0 Å². The Morgan fingerprint density at radius 2 is 2.00 bits per heavy atom. The molecule has 1 rings (SSSR count). The van der Waals surface area contributed by atoms with Gasteiger partial charge in [-0.05, 0) is 12.3 Å². The third-order valence-corrected chi connectivity index (χ3v) is 2.36. The molecule has 46 valence electrons. The van der Waals surface area contributed by atoms with Crippen molar-refractivity contribution in [1.82, 2.24) is 5.01 Å². The molecule has 0 spiro atoms. The van der Waals surface area contributed by atoms with Crippen molar-refractivity contribution < 1.29 is 0 Å². The van der Waals surface area contributed by atoms with Gasteiger partial charge >= 0.3 is 0 Å². The van der Waals surface area contributed by atoms with Crippen LogP contribution in [-0.2, 0) is 0 Å². The Balaban J connectivity index is 2.22. The highest BCUT2D eigenvalue weighted by Gasteiger charge is 2.06. The van der Waals surface area contributed by atoms with Gasteiger partial charge in [0, 0.05) is 13.1 Å². The summed E-state index contributed by atoms with van der Waals surface area (Å²) in [5.41, 5.74) is 0. The Kier molecular flexibility index (Phi) is 2.22. The molecular weight excluding hydrogens is 123 g/mol. The smallest absolute Gasteiger partial charge is 0.0524 e. The Morgan fingerprint density at radius 1 is 1.38 bits per heavy atom. The van der Waals surface area contributed by atoms with Gasteiger partial charge in [-0.3, -0.25) is 5.01 Å². The molecule has 0 radical (unpaired) electrons. The summed E-state index contributed by atoms with van der Waals surface area (Å²) < 4.78 is 0. The SMILES string of the molecule is O=NN1CCPCC1. The van der Waals surface area contributed by atoms with Crippen LogP contribution in [-0.4, -0.2) is 30.4 Å². The van der Waals surface area contributed by atoms with Gasteiger partial charge in [-0.15, -0.1) is 13.5 Å². The zero-order chi connectivity index (χ0) is 5.82. The van der Waals surface area contributed by atoms with Crippen molar-refractivity contribution in [1.29, 1.82) is 0 Å². The van der Waals surface area contributed by atoms with E-state index in [1.807, 2.05) is 0 Å². The number of nitrogens with zero attached hydrogens (tertiary/aromatic N) is 2. The largest absolute Gasteiger partial charge is 0.260 e. The quantitative estimate of drug-likeness (QED) is 0.388. The fourth-order valence-corrected chi connectivity index (χ4v) is 1.82. The molecule has 0 aromatic heterocycles. The van der Waals surface area contributed by atoms with Crippen LogP contribution in [0.4, 0.5) is 0 Å². The van der Waals surface area contributed by atoms with Crippen molar-refractivity contribution >= 4 is 8.58 Å². The molecule has 1 fully saturated rings. The maximum absolute atomic E-state index is 9.84. The van der Waals surface area contributed by atoms with E-state index in [4.69, 9.17) is 0 Å². The van der Waals surface area contributed by atoms with E-state index in [9.17, 15) is 4.91 Å². The second-order valence-electron chi connectivity index (χ2n) is 1.79. The molecule has 0 aliphatic carbocycles. The highest BCUT2D eigenvalue weighted by molar-refractivity contribution is 7.38. The van der Waals surface area contributed by atoms with Crippen LogP contribution in [0.25, 0.3) is 0 Å². The zero-order valence-electron chi connectivity index (χ0n) is 4.63. The van der Waals surface area contributed by atoms with Crippen LogP contribution in [0.1, 0.15) is 0 Å². The first kappa shape index (κ1) is 5.96. The first-order chi connectivity index (χ1) is 3.93. The summed E-state index contributed by atoms with van der Waals surface area (Å²) in [6, 6.07) is 0. The van der Waals surface area contributed by atoms with Gasteiger partial charge in [0.1, 0.15) is 0 Å². The lowest BCUT2D eigenvalue weighted by molar-refractivity contribution is 0.314. The van der Waals surface area contributed by atoms with Crippen LogP contribution >= 0.6 is 8.58 Å². The summed E-state index contributed by atoms with van der Waals surface area (Å²) >= 11 is 0. The van der Waals surface area contributed by atoms with Crippen LogP contribution < -0.4 is 0 Å². The van der Waals surface area contributed by atoms with Crippen molar-refractivity contribution in [2.75, 3.05) is 25.4 Å². The van der Waals surface area contributed by atoms with Gasteiger partial charge in [-0.1, -0.05) is 0 Å². The first-order valence-corrected chi connectivity index (χ1v) is 4.14. The van der Waals surface area contributed by atoms with Crippen LogP contribution in [0.15, 0.2) is 5.29 Å². The minimum absolute atomic E-state index is 0.877. The third kappa shape index (κ3) is 1.41. The van der Waals surface area contributed by atoms with E-state index >= 15 is 0 Å². The second kappa shape index (κ2) is 2.98. The molecule has 0 unspecified atom stereocenters. The van der Waals surface area contributed by atoms with Crippen molar-refractivity contribution in [3.8, 4) is 0 Å². The van der Waals surface area contributed by atoms with Gasteiger partial charge in [0.05, 0.1) is 5.29 Å². The average molecular weight is 132 g/mol. The molecule has 0 aromatic rings. The first-order valence-electron chi connectivity index (χ1n) is 2.72. The normalized spacial score (nSPS) is 20.8. The lowest BCUT2D eigenvalue weighted by atomic mass is 10.6. The molecule has 8 heavy (non-hydrogen) atoms. The van der Waals surface area contributed by atoms with E-state index in [2.05, 4.69) is 5.29 Å². The molecule has 0 saturated carbocycles. The minimum atomic E-state index is 0.877. The molecule has 0 N–H and O–H groups in total. The number of nitroso groups, excluding NO2 is 1. The Bertz CT molecular complexity index is 82.1. The summed E-state index contributed by atoms with van der Waals surface area (Å²) in [6.07, 6.45) is 2.32. The molecule has 1 aliphatic rings. The highest BCUT2D eigenvalue weighted by atomic mass is 31.1. The van der Waals surface area contributed by atoms with Crippen LogP contribution in [0.2, 0.25) is 0 Å². The molecule has 1 heterocycles. The van der Waals surface area contributed by atoms with Gasteiger partial charge in [0.25, 0.3) is 0 Å². The second-order valence-corrected chi connectivity index (χ2v) is 3.29. The molecular formula is C4H9N2OP. The van der Waals surface area contributed by atoms with Gasteiger partial charge in [-0.25, -0.2) is 0 Å². The van der Waals surface area contributed by atoms with Gasteiger partial charge in [0.15, 0.2) is 0 Å². The average Bonchev–Trinajstić information content (AvgIpc) is 1.90. The van der Waals surface area contributed by atoms with E-state index < -0.39 is 0 Å². The van der Waals surface area contributed by atoms with Gasteiger partial charge in [0.2, 0.25) is 0 Å². The summed E-state index contributed by atoms with van der Waals surface area (Å²) in [6.45, 7) is 1.75. The predicted octanol–water partition coefficient (Wildman–Crippen LogP) is 0.662. The minimum Gasteiger partial charge on any atom is -0.260 e. The van der Waals surface area contributed by atoms with Crippen molar-refractivity contribution in [3.05, 3.63) is 4.91 Å². The Morgan fingerprint density at radius 3 is 2.38 bits per heavy atom. The Hall–Kier alpha value is -0.170. The molecule has 1 saturated heterocycles. The molecule has 0 bridgehead atoms. The molecule has 0 atom stereocenters. The third-order valence-electron chi connectivity index (χ3n) is 1.21. The summed E-state index contributed by atoms with van der Waals surface area (Å²) in [4.78, 5) is 9.84. The van der Waals surface area contributed by atoms with Crippen LogP contribution in [0.5, 0.6) is 0 Å². The summed E-state index contributed by atoms with van der Waals surface area (Å²) in [7, 11) is 1.05. The number of hydrogen-bond acceptors (Lipinski definition) is 2. The lowest BCUT2D eigenvalue weighted by Crippen LogP contribution is -2.26. The molecule has 0 amide bonds. The van der Waals surface area contributed by atoms with E-state index in [0.29, 0.717) is 0 Å². The van der Waals surface area contributed by atoms with E-state index in [1.54, 1.807) is 5.01 Å². The van der Waals surface area contributed by atoms with Crippen molar-refractivity contribution in [2.45, 2.75) is 0 Å². The zero-order valence-corrected chi connectivity index (χ0v) is 5.63. The lowest BCUT2D eigenvalue weighted by Gasteiger charge is -2.19. The van der Waals surface area contributed by atoms with Gasteiger partial charge in [-0.2, -0.15) is 0 Å². The fraction of sp³-hybridized carbons (Fsp3) is 1.00. The van der Waals surface area contributed by atoms with Crippen LogP contribution in [0.3, 0.4) is 0 Å². The predicted molar refractivity (Wildman–Crippen MR) is 35.4 cm³/mol. The monoisotopic (exact) mass is 132 g/mol. The van der Waals surface area contributed by atoms with E-state index in [1.165, 1.54) is 0 Å². The molecule has 3 nitrogen and oxygen atoms in total. The van der Waals surface area contributed by atoms with E-state index in [0.717, 1.165) is 34.0 Å². The fourth-order valence-electron chi connectivity index (χ4n) is 0.735. The molecule has 0 aromatic carbocycles. The molecule has 4 heteroatoms. The highest BCUT2D eigenvalue weighted by Crippen LogP contribution is 2.14. The Labute approximate surface area is 50.2 Å².